The molecule has 0 aromatic carbocycles. The zero-order valence-electron chi connectivity index (χ0n) is 17.3. The maximum absolute atomic E-state index is 12.3. The Balaban J connectivity index is 1.72. The highest BCUT2D eigenvalue weighted by Crippen LogP contribution is 2.29. The summed E-state index contributed by atoms with van der Waals surface area (Å²) >= 11 is 0. The fraction of sp³-hybridized carbons (Fsp3) is 0.429. The minimum Gasteiger partial charge on any atom is -0.465 e. The minimum atomic E-state index is -0.423. The van der Waals surface area contributed by atoms with Crippen LogP contribution < -0.4 is 5.32 Å². The maximum Gasteiger partial charge on any atom is 0.340 e. The molecule has 1 aliphatic heterocycles. The highest BCUT2D eigenvalue weighted by Gasteiger charge is 2.26. The Morgan fingerprint density at radius 1 is 1.24 bits per heavy atom. The number of methoxy groups -OCH3 is 1. The number of hydrogen-bond donors (Lipinski definition) is 1. The van der Waals surface area contributed by atoms with Crippen molar-refractivity contribution in [2.75, 3.05) is 25.5 Å². The highest BCUT2D eigenvalue weighted by molar-refractivity contribution is 5.96. The van der Waals surface area contributed by atoms with E-state index in [2.05, 4.69) is 15.4 Å². The number of nitrogens with one attached hydrogen (secondary N) is 1. The second kappa shape index (κ2) is 8.89. The third-order valence-corrected chi connectivity index (χ3v) is 5.41. The lowest BCUT2D eigenvalue weighted by Crippen LogP contribution is -2.39. The predicted molar refractivity (Wildman–Crippen MR) is 110 cm³/mol. The van der Waals surface area contributed by atoms with Gasteiger partial charge in [-0.1, -0.05) is 6.08 Å². The fourth-order valence-electron chi connectivity index (χ4n) is 3.53. The van der Waals surface area contributed by atoms with Crippen LogP contribution >= 0.6 is 0 Å². The molecule has 2 aromatic heterocycles. The number of carbonyl (C=O) groups excluding carboxylic acids is 2. The normalized spacial score (nSPS) is 15.3. The van der Waals surface area contributed by atoms with Crippen LogP contribution in [0.1, 0.15) is 48.8 Å². The minimum absolute atomic E-state index is 0.109. The van der Waals surface area contributed by atoms with Gasteiger partial charge < -0.3 is 15.0 Å². The summed E-state index contributed by atoms with van der Waals surface area (Å²) in [6.45, 7) is 7.16. The molecule has 1 N–H and O–H groups in total. The first-order valence-electron chi connectivity index (χ1n) is 9.71. The van der Waals surface area contributed by atoms with Crippen LogP contribution in [0.2, 0.25) is 0 Å². The summed E-state index contributed by atoms with van der Waals surface area (Å²) < 4.78 is 6.84. The van der Waals surface area contributed by atoms with Crippen LogP contribution in [-0.2, 0) is 9.53 Å². The van der Waals surface area contributed by atoms with Crippen LogP contribution in [0, 0.1) is 6.92 Å². The van der Waals surface area contributed by atoms with E-state index in [-0.39, 0.29) is 11.9 Å². The van der Waals surface area contributed by atoms with Gasteiger partial charge in [-0.15, -0.1) is 0 Å². The van der Waals surface area contributed by atoms with Gasteiger partial charge >= 0.3 is 5.97 Å². The van der Waals surface area contributed by atoms with Crippen molar-refractivity contribution in [1.29, 1.82) is 0 Å². The van der Waals surface area contributed by atoms with Gasteiger partial charge in [0.25, 0.3) is 0 Å². The van der Waals surface area contributed by atoms with Crippen molar-refractivity contribution in [3.63, 3.8) is 0 Å². The van der Waals surface area contributed by atoms with E-state index in [0.717, 1.165) is 29.8 Å². The van der Waals surface area contributed by atoms with E-state index in [4.69, 9.17) is 4.74 Å². The number of rotatable bonds is 5. The van der Waals surface area contributed by atoms with Gasteiger partial charge in [0.05, 0.1) is 48.2 Å². The molecule has 0 aliphatic carbocycles. The molecule has 154 valence electrons. The molecule has 0 saturated carbocycles. The Kier molecular flexibility index (Phi) is 6.31. The van der Waals surface area contributed by atoms with Crippen LogP contribution in [0.4, 0.5) is 11.4 Å². The van der Waals surface area contributed by atoms with Crippen molar-refractivity contribution in [2.24, 2.45) is 0 Å². The van der Waals surface area contributed by atoms with Crippen LogP contribution in [0.3, 0.4) is 0 Å². The van der Waals surface area contributed by atoms with Crippen molar-refractivity contribution in [3.05, 3.63) is 47.6 Å². The third kappa shape index (κ3) is 4.31. The van der Waals surface area contributed by atoms with E-state index >= 15 is 0 Å². The lowest BCUT2D eigenvalue weighted by Gasteiger charge is -2.33. The number of aromatic nitrogens is 3. The van der Waals surface area contributed by atoms with E-state index in [1.54, 1.807) is 24.7 Å². The van der Waals surface area contributed by atoms with E-state index in [0.29, 0.717) is 24.3 Å². The molecule has 0 radical (unpaired) electrons. The number of allylic oxidation sites excluding steroid dienone is 1. The number of pyridine rings is 1. The number of ether oxygens (including phenoxy) is 1. The zero-order valence-corrected chi connectivity index (χ0v) is 17.3. The molecule has 29 heavy (non-hydrogen) atoms. The molecule has 1 aliphatic rings. The number of nitrogens with zero attached hydrogens (tertiary/aromatic N) is 4. The number of piperidine rings is 1. The number of carbonyl (C=O) groups is 2. The highest BCUT2D eigenvalue weighted by atomic mass is 16.5. The van der Waals surface area contributed by atoms with Crippen molar-refractivity contribution >= 4 is 23.3 Å². The molecule has 2 aromatic rings. The molecule has 3 rings (SSSR count). The van der Waals surface area contributed by atoms with Gasteiger partial charge in [-0.25, -0.2) is 4.79 Å². The van der Waals surface area contributed by atoms with Crippen molar-refractivity contribution in [3.8, 4) is 0 Å². The first-order chi connectivity index (χ1) is 14.0. The van der Waals surface area contributed by atoms with Gasteiger partial charge in [-0.2, -0.15) is 5.10 Å². The molecule has 1 saturated heterocycles. The van der Waals surface area contributed by atoms with Crippen LogP contribution in [-0.4, -0.2) is 51.7 Å². The summed E-state index contributed by atoms with van der Waals surface area (Å²) in [5.41, 5.74) is 3.55. The third-order valence-electron chi connectivity index (χ3n) is 5.41. The van der Waals surface area contributed by atoms with Gasteiger partial charge in [-0.05, 0) is 39.7 Å². The Hall–Kier alpha value is -3.16. The lowest BCUT2D eigenvalue weighted by atomic mass is 10.0. The summed E-state index contributed by atoms with van der Waals surface area (Å²) in [4.78, 5) is 30.3. The molecule has 1 fully saturated rings. The predicted octanol–water partition coefficient (Wildman–Crippen LogP) is 3.25. The molecular weight excluding hydrogens is 370 g/mol. The average molecular weight is 397 g/mol. The van der Waals surface area contributed by atoms with Crippen molar-refractivity contribution < 1.29 is 14.3 Å². The van der Waals surface area contributed by atoms with Crippen molar-refractivity contribution in [1.82, 2.24) is 19.7 Å². The van der Waals surface area contributed by atoms with Crippen LogP contribution in [0.5, 0.6) is 0 Å². The maximum atomic E-state index is 12.3. The molecule has 0 bridgehead atoms. The first kappa shape index (κ1) is 20.6. The molecule has 0 atom stereocenters. The SMILES string of the molecule is C/C=C(\C)C(=O)N1CCC(n2ncc(Nc3cnccc3C(=O)OC)c2C)CC1. The van der Waals surface area contributed by atoms with E-state index in [1.807, 2.05) is 36.4 Å². The topological polar surface area (TPSA) is 89.4 Å². The summed E-state index contributed by atoms with van der Waals surface area (Å²) in [6, 6.07) is 1.85. The van der Waals surface area contributed by atoms with Crippen molar-refractivity contribution in [2.45, 2.75) is 39.7 Å². The van der Waals surface area contributed by atoms with Gasteiger partial charge in [0, 0.05) is 24.9 Å². The van der Waals surface area contributed by atoms with E-state index in [1.165, 1.54) is 7.11 Å². The monoisotopic (exact) mass is 397 g/mol. The smallest absolute Gasteiger partial charge is 0.340 e. The summed E-state index contributed by atoms with van der Waals surface area (Å²) in [6.07, 6.45) is 8.46. The largest absolute Gasteiger partial charge is 0.465 e. The summed E-state index contributed by atoms with van der Waals surface area (Å²) in [5, 5.41) is 7.80. The number of amides is 1. The van der Waals surface area contributed by atoms with E-state index < -0.39 is 5.97 Å². The number of anilines is 2. The molecular formula is C21H27N5O3. The molecule has 8 heteroatoms. The quantitative estimate of drug-likeness (QED) is 0.615. The lowest BCUT2D eigenvalue weighted by molar-refractivity contribution is -0.128. The summed E-state index contributed by atoms with van der Waals surface area (Å²) in [7, 11) is 1.35. The molecule has 0 unspecified atom stereocenters. The Bertz CT molecular complexity index is 926. The number of likely N-dealkylation sites (tertiary alicyclic amines) is 1. The fourth-order valence-corrected chi connectivity index (χ4v) is 3.53. The van der Waals surface area contributed by atoms with Gasteiger partial charge in [0.1, 0.15) is 0 Å². The Labute approximate surface area is 170 Å². The number of hydrogen-bond acceptors (Lipinski definition) is 6. The van der Waals surface area contributed by atoms with Gasteiger partial charge in [-0.3, -0.25) is 14.5 Å². The van der Waals surface area contributed by atoms with E-state index in [9.17, 15) is 9.59 Å². The van der Waals surface area contributed by atoms with Gasteiger partial charge in [0.2, 0.25) is 5.91 Å². The van der Waals surface area contributed by atoms with Crippen LogP contribution in [0.15, 0.2) is 36.3 Å². The van der Waals surface area contributed by atoms with Gasteiger partial charge in [0.15, 0.2) is 0 Å². The molecule has 3 heterocycles. The second-order valence-electron chi connectivity index (χ2n) is 7.12. The number of esters is 1. The second-order valence-corrected chi connectivity index (χ2v) is 7.12. The standard InChI is InChI=1S/C21H27N5O3/c1-5-14(2)20(27)25-10-7-16(8-11-25)26-15(3)18(13-23-26)24-19-12-22-9-6-17(19)21(28)29-4/h5-6,9,12-13,16,24H,7-8,10-11H2,1-4H3/b14-5+. The first-order valence-corrected chi connectivity index (χ1v) is 9.71. The van der Waals surface area contributed by atoms with Crippen LogP contribution in [0.25, 0.3) is 0 Å². The summed E-state index contributed by atoms with van der Waals surface area (Å²) in [5.74, 6) is -0.314. The zero-order chi connectivity index (χ0) is 21.0. The average Bonchev–Trinajstić information content (AvgIpc) is 3.12. The molecule has 1 amide bonds. The molecule has 0 spiro atoms. The Morgan fingerprint density at radius 2 is 1.97 bits per heavy atom. The molecule has 8 nitrogen and oxygen atoms in total. The Morgan fingerprint density at radius 3 is 2.62 bits per heavy atom.